The summed E-state index contributed by atoms with van der Waals surface area (Å²) in [5.41, 5.74) is 0. The minimum Gasteiger partial charge on any atom is -0.462 e. The maximum absolute atomic E-state index is 11.3. The fourth-order valence-corrected chi connectivity index (χ4v) is 1.81. The third-order valence-corrected chi connectivity index (χ3v) is 2.63. The first kappa shape index (κ1) is 21.8. The summed E-state index contributed by atoms with van der Waals surface area (Å²) in [6, 6.07) is 0. The molecule has 2 N–H and O–H groups in total. The summed E-state index contributed by atoms with van der Waals surface area (Å²) in [7, 11) is 0. The Morgan fingerprint density at radius 3 is 1.62 bits per heavy atom. The van der Waals surface area contributed by atoms with Crippen molar-refractivity contribution in [2.75, 3.05) is 13.2 Å². The third-order valence-electron chi connectivity index (χ3n) is 2.63. The van der Waals surface area contributed by atoms with E-state index >= 15 is 0 Å². The van der Waals surface area contributed by atoms with Gasteiger partial charge in [-0.25, -0.2) is 0 Å². The molecule has 4 unspecified atom stereocenters. The van der Waals surface area contributed by atoms with Crippen LogP contribution in [0, 0.1) is 0 Å². The van der Waals surface area contributed by atoms with Crippen LogP contribution >= 0.6 is 0 Å². The van der Waals surface area contributed by atoms with Crippen molar-refractivity contribution < 1.29 is 48.3 Å². The van der Waals surface area contributed by atoms with Gasteiger partial charge in [0.2, 0.25) is 0 Å². The number of esters is 4. The van der Waals surface area contributed by atoms with Crippen LogP contribution in [0.15, 0.2) is 0 Å². The van der Waals surface area contributed by atoms with Gasteiger partial charge in [-0.2, -0.15) is 0 Å². The second kappa shape index (κ2) is 10.6. The van der Waals surface area contributed by atoms with Crippen LogP contribution in [0.5, 0.6) is 0 Å². The van der Waals surface area contributed by atoms with Gasteiger partial charge in [-0.05, 0) is 0 Å². The zero-order valence-electron chi connectivity index (χ0n) is 13.9. The maximum atomic E-state index is 11.3. The summed E-state index contributed by atoms with van der Waals surface area (Å²) in [4.78, 5) is 44.8. The topological polar surface area (TPSA) is 146 Å². The highest BCUT2D eigenvalue weighted by Crippen LogP contribution is 2.18. The van der Waals surface area contributed by atoms with Crippen molar-refractivity contribution in [1.29, 1.82) is 0 Å². The molecule has 0 aromatic carbocycles. The molecule has 0 bridgehead atoms. The molecular weight excluding hydrogens is 328 g/mol. The average Bonchev–Trinajstić information content (AvgIpc) is 2.45. The summed E-state index contributed by atoms with van der Waals surface area (Å²) in [5.74, 6) is -3.15. The van der Waals surface area contributed by atoms with Crippen molar-refractivity contribution in [3.8, 4) is 0 Å². The van der Waals surface area contributed by atoms with Crippen molar-refractivity contribution in [1.82, 2.24) is 0 Å². The highest BCUT2D eigenvalue weighted by molar-refractivity contribution is 5.68. The average molecular weight is 350 g/mol. The van der Waals surface area contributed by atoms with Crippen molar-refractivity contribution in [2.24, 2.45) is 0 Å². The van der Waals surface area contributed by atoms with E-state index in [1.54, 1.807) is 0 Å². The van der Waals surface area contributed by atoms with E-state index in [9.17, 15) is 24.3 Å². The van der Waals surface area contributed by atoms with Crippen LogP contribution < -0.4 is 0 Å². The lowest BCUT2D eigenvalue weighted by atomic mass is 10.0. The van der Waals surface area contributed by atoms with Gasteiger partial charge in [0.05, 0.1) is 6.61 Å². The molecule has 0 aromatic rings. The van der Waals surface area contributed by atoms with Gasteiger partial charge in [0.15, 0.2) is 18.3 Å². The van der Waals surface area contributed by atoms with Gasteiger partial charge in [0, 0.05) is 27.7 Å². The standard InChI is InChI=1S/C14H22O10/c1-7(16)21-6-12(22-8(2)17)14(24-10(4)19)13(11(20)5-15)23-9(3)18/h11-15,20H,5-6H2,1-4H3. The normalized spacial score (nSPS) is 15.4. The highest BCUT2D eigenvalue weighted by Gasteiger charge is 2.41. The summed E-state index contributed by atoms with van der Waals surface area (Å²) in [6.07, 6.45) is -6.04. The molecule has 0 saturated heterocycles. The molecule has 0 rings (SSSR count). The van der Waals surface area contributed by atoms with Gasteiger partial charge in [-0.15, -0.1) is 0 Å². The van der Waals surface area contributed by atoms with Crippen molar-refractivity contribution in [3.63, 3.8) is 0 Å². The van der Waals surface area contributed by atoms with Crippen LogP contribution in [0.25, 0.3) is 0 Å². The Kier molecular flexibility index (Phi) is 9.58. The molecule has 0 aliphatic heterocycles. The minimum atomic E-state index is -1.63. The van der Waals surface area contributed by atoms with E-state index in [0.29, 0.717) is 0 Å². The van der Waals surface area contributed by atoms with Crippen LogP contribution in [0.4, 0.5) is 0 Å². The van der Waals surface area contributed by atoms with Gasteiger partial charge in [-0.3, -0.25) is 19.2 Å². The molecular formula is C14H22O10. The molecule has 0 saturated carbocycles. The van der Waals surface area contributed by atoms with Gasteiger partial charge in [-0.1, -0.05) is 0 Å². The number of aliphatic hydroxyl groups excluding tert-OH is 2. The van der Waals surface area contributed by atoms with Crippen LogP contribution in [-0.4, -0.2) is 71.7 Å². The predicted octanol–water partition coefficient (Wildman–Crippen LogP) is -1.30. The lowest BCUT2D eigenvalue weighted by Crippen LogP contribution is -2.52. The molecule has 0 aromatic heterocycles. The number of hydrogen-bond donors (Lipinski definition) is 2. The van der Waals surface area contributed by atoms with Gasteiger partial charge in [0.25, 0.3) is 0 Å². The first-order valence-corrected chi connectivity index (χ1v) is 7.02. The first-order chi connectivity index (χ1) is 11.1. The highest BCUT2D eigenvalue weighted by atomic mass is 16.6. The minimum absolute atomic E-state index is 0.511. The molecule has 0 spiro atoms. The zero-order valence-corrected chi connectivity index (χ0v) is 13.9. The summed E-state index contributed by atoms with van der Waals surface area (Å²) < 4.78 is 19.5. The Hall–Kier alpha value is -2.20. The van der Waals surface area contributed by atoms with Gasteiger partial charge >= 0.3 is 23.9 Å². The summed E-state index contributed by atoms with van der Waals surface area (Å²) in [6.45, 7) is 2.92. The lowest BCUT2D eigenvalue weighted by molar-refractivity contribution is -0.200. The molecule has 0 aliphatic carbocycles. The number of rotatable bonds is 9. The number of carbonyl (C=O) groups excluding carboxylic acids is 4. The fraction of sp³-hybridized carbons (Fsp3) is 0.714. The van der Waals surface area contributed by atoms with Crippen LogP contribution in [0.3, 0.4) is 0 Å². The summed E-state index contributed by atoms with van der Waals surface area (Å²) >= 11 is 0. The smallest absolute Gasteiger partial charge is 0.303 e. The quantitative estimate of drug-likeness (QED) is 0.380. The number of carbonyl (C=O) groups is 4. The van der Waals surface area contributed by atoms with Crippen LogP contribution in [0.2, 0.25) is 0 Å². The van der Waals surface area contributed by atoms with Crippen molar-refractivity contribution in [2.45, 2.75) is 52.1 Å². The zero-order chi connectivity index (χ0) is 18.9. The second-order valence-electron chi connectivity index (χ2n) is 4.85. The second-order valence-corrected chi connectivity index (χ2v) is 4.85. The van der Waals surface area contributed by atoms with Crippen molar-refractivity contribution in [3.05, 3.63) is 0 Å². The molecule has 138 valence electrons. The van der Waals surface area contributed by atoms with Gasteiger partial charge in [0.1, 0.15) is 12.7 Å². The van der Waals surface area contributed by atoms with Crippen LogP contribution in [0.1, 0.15) is 27.7 Å². The van der Waals surface area contributed by atoms with Crippen LogP contribution in [-0.2, 0) is 38.1 Å². The van der Waals surface area contributed by atoms with Gasteiger partial charge < -0.3 is 29.2 Å². The fourth-order valence-electron chi connectivity index (χ4n) is 1.81. The molecule has 24 heavy (non-hydrogen) atoms. The largest absolute Gasteiger partial charge is 0.462 e. The Bertz CT molecular complexity index is 460. The molecule has 0 amide bonds. The van der Waals surface area contributed by atoms with E-state index in [4.69, 9.17) is 24.1 Å². The Balaban J connectivity index is 5.63. The third kappa shape index (κ3) is 8.44. The predicted molar refractivity (Wildman–Crippen MR) is 76.4 cm³/mol. The Morgan fingerprint density at radius 2 is 1.25 bits per heavy atom. The molecule has 10 nitrogen and oxygen atoms in total. The Labute approximate surface area is 138 Å². The number of ether oxygens (including phenoxy) is 4. The first-order valence-electron chi connectivity index (χ1n) is 7.02. The maximum Gasteiger partial charge on any atom is 0.303 e. The van der Waals surface area contributed by atoms with E-state index in [0.717, 1.165) is 27.7 Å². The molecule has 0 aliphatic rings. The lowest BCUT2D eigenvalue weighted by Gasteiger charge is -2.33. The van der Waals surface area contributed by atoms with E-state index in [2.05, 4.69) is 0 Å². The Morgan fingerprint density at radius 1 is 0.792 bits per heavy atom. The van der Waals surface area contributed by atoms with E-state index < -0.39 is 61.5 Å². The molecule has 0 radical (unpaired) electrons. The van der Waals surface area contributed by atoms with E-state index in [1.807, 2.05) is 0 Å². The summed E-state index contributed by atoms with van der Waals surface area (Å²) in [5, 5.41) is 19.0. The SMILES string of the molecule is CC(=O)OCC(OC(C)=O)C(OC(C)=O)C(OC(C)=O)C(O)CO. The molecule has 10 heteroatoms. The molecule has 0 fully saturated rings. The van der Waals surface area contributed by atoms with E-state index in [1.165, 1.54) is 0 Å². The number of aliphatic hydroxyl groups is 2. The van der Waals surface area contributed by atoms with Crippen molar-refractivity contribution >= 4 is 23.9 Å². The number of hydrogen-bond acceptors (Lipinski definition) is 10. The monoisotopic (exact) mass is 350 g/mol. The van der Waals surface area contributed by atoms with E-state index in [-0.39, 0.29) is 0 Å². The molecule has 0 heterocycles. The molecule has 4 atom stereocenters.